The van der Waals surface area contributed by atoms with Crippen LogP contribution >= 0.6 is 0 Å². The fraction of sp³-hybridized carbons (Fsp3) is 0.227. The molecule has 0 saturated carbocycles. The number of benzene rings is 2. The van der Waals surface area contributed by atoms with Crippen molar-refractivity contribution in [3.8, 4) is 5.75 Å². The van der Waals surface area contributed by atoms with Crippen molar-refractivity contribution in [2.45, 2.75) is 19.9 Å². The molecule has 0 spiro atoms. The number of methoxy groups -OCH3 is 1. The summed E-state index contributed by atoms with van der Waals surface area (Å²) in [5, 5.41) is 0. The summed E-state index contributed by atoms with van der Waals surface area (Å²) in [6.07, 6.45) is 0.717. The number of carbonyl (C=O) groups excluding carboxylic acids is 1. The number of rotatable bonds is 6. The molecule has 2 aromatic carbocycles. The molecule has 4 aromatic rings. The number of nitrogens with two attached hydrogens (primary N) is 1. The lowest BCUT2D eigenvalue weighted by molar-refractivity contribution is 0.0529. The standard InChI is InChI=1S/C22H22N4O3/c1-3-29-22(27)18-19-21(25-17-7-5-4-6-16(17)24-19)26(20(18)23)13-12-14-8-10-15(28-2)11-9-14/h4-11H,3,12-13,23H2,1-2H3. The zero-order valence-corrected chi connectivity index (χ0v) is 16.4. The molecule has 2 aromatic heterocycles. The number of fused-ring (bicyclic) bond motifs is 2. The monoisotopic (exact) mass is 390 g/mol. The lowest BCUT2D eigenvalue weighted by Crippen LogP contribution is -2.10. The van der Waals surface area contributed by atoms with Crippen molar-refractivity contribution in [2.24, 2.45) is 0 Å². The van der Waals surface area contributed by atoms with Crippen LogP contribution in [0.15, 0.2) is 48.5 Å². The van der Waals surface area contributed by atoms with Gasteiger partial charge in [0, 0.05) is 6.54 Å². The molecule has 0 bridgehead atoms. The largest absolute Gasteiger partial charge is 0.497 e. The van der Waals surface area contributed by atoms with E-state index in [0.29, 0.717) is 29.0 Å². The molecular weight excluding hydrogens is 368 g/mol. The Bertz CT molecular complexity index is 1180. The van der Waals surface area contributed by atoms with Crippen LogP contribution in [0.5, 0.6) is 5.75 Å². The Hall–Kier alpha value is -3.61. The van der Waals surface area contributed by atoms with Crippen LogP contribution in [0, 0.1) is 0 Å². The third-order valence-electron chi connectivity index (χ3n) is 4.85. The van der Waals surface area contributed by atoms with Crippen LogP contribution in [0.2, 0.25) is 0 Å². The summed E-state index contributed by atoms with van der Waals surface area (Å²) in [6, 6.07) is 15.4. The Kier molecular flexibility index (Phi) is 5.03. The van der Waals surface area contributed by atoms with Crippen LogP contribution < -0.4 is 10.5 Å². The second kappa shape index (κ2) is 7.79. The Morgan fingerprint density at radius 3 is 2.41 bits per heavy atom. The van der Waals surface area contributed by atoms with E-state index in [1.54, 1.807) is 14.0 Å². The predicted molar refractivity (Wildman–Crippen MR) is 112 cm³/mol. The van der Waals surface area contributed by atoms with Crippen molar-refractivity contribution >= 4 is 34.0 Å². The van der Waals surface area contributed by atoms with E-state index in [2.05, 4.69) is 4.98 Å². The fourth-order valence-electron chi connectivity index (χ4n) is 3.38. The van der Waals surface area contributed by atoms with Crippen LogP contribution in [-0.2, 0) is 17.7 Å². The molecule has 7 heteroatoms. The molecule has 0 radical (unpaired) electrons. The number of carbonyl (C=O) groups is 1. The molecule has 0 amide bonds. The molecule has 2 heterocycles. The van der Waals surface area contributed by atoms with E-state index >= 15 is 0 Å². The maximum atomic E-state index is 12.6. The quantitative estimate of drug-likeness (QED) is 0.506. The topological polar surface area (TPSA) is 92.3 Å². The number of aryl methyl sites for hydroxylation is 2. The van der Waals surface area contributed by atoms with Gasteiger partial charge in [-0.05, 0) is 43.2 Å². The number of aromatic nitrogens is 3. The van der Waals surface area contributed by atoms with Gasteiger partial charge in [-0.1, -0.05) is 24.3 Å². The SMILES string of the molecule is CCOC(=O)c1c(N)n(CCc2ccc(OC)cc2)c2nc3ccccc3nc12. The number of nitrogens with zero attached hydrogens (tertiary/aromatic N) is 3. The number of esters is 1. The second-order valence-electron chi connectivity index (χ2n) is 6.61. The fourth-order valence-corrected chi connectivity index (χ4v) is 3.38. The normalized spacial score (nSPS) is 11.1. The van der Waals surface area contributed by atoms with E-state index in [-0.39, 0.29) is 12.2 Å². The summed E-state index contributed by atoms with van der Waals surface area (Å²) in [5.74, 6) is 0.645. The van der Waals surface area contributed by atoms with Gasteiger partial charge in [0.05, 0.1) is 24.8 Å². The van der Waals surface area contributed by atoms with Crippen molar-refractivity contribution < 1.29 is 14.3 Å². The van der Waals surface area contributed by atoms with E-state index in [9.17, 15) is 4.79 Å². The average molecular weight is 390 g/mol. The molecule has 0 atom stereocenters. The number of ether oxygens (including phenoxy) is 2. The average Bonchev–Trinajstić information content (AvgIpc) is 3.01. The molecule has 0 aliphatic rings. The maximum Gasteiger partial charge on any atom is 0.344 e. The van der Waals surface area contributed by atoms with Crippen LogP contribution in [0.4, 0.5) is 5.82 Å². The number of para-hydroxylation sites is 2. The molecule has 0 aliphatic heterocycles. The third-order valence-corrected chi connectivity index (χ3v) is 4.85. The second-order valence-corrected chi connectivity index (χ2v) is 6.61. The number of hydrogen-bond donors (Lipinski definition) is 1. The first-order chi connectivity index (χ1) is 14.1. The minimum atomic E-state index is -0.484. The van der Waals surface area contributed by atoms with E-state index in [1.807, 2.05) is 53.1 Å². The van der Waals surface area contributed by atoms with Gasteiger partial charge in [0.2, 0.25) is 0 Å². The van der Waals surface area contributed by atoms with Crippen molar-refractivity contribution in [1.82, 2.24) is 14.5 Å². The molecule has 0 aliphatic carbocycles. The summed E-state index contributed by atoms with van der Waals surface area (Å²) < 4.78 is 12.3. The van der Waals surface area contributed by atoms with Gasteiger partial charge in [-0.15, -0.1) is 0 Å². The Balaban J connectivity index is 1.79. The molecule has 0 fully saturated rings. The van der Waals surface area contributed by atoms with Gasteiger partial charge >= 0.3 is 5.97 Å². The van der Waals surface area contributed by atoms with Gasteiger partial charge in [-0.3, -0.25) is 0 Å². The molecule has 7 nitrogen and oxygen atoms in total. The van der Waals surface area contributed by atoms with E-state index in [4.69, 9.17) is 20.2 Å². The lowest BCUT2D eigenvalue weighted by Gasteiger charge is -2.09. The van der Waals surface area contributed by atoms with Gasteiger partial charge < -0.3 is 19.8 Å². The highest BCUT2D eigenvalue weighted by atomic mass is 16.5. The smallest absolute Gasteiger partial charge is 0.344 e. The number of hydrogen-bond acceptors (Lipinski definition) is 6. The molecule has 148 valence electrons. The van der Waals surface area contributed by atoms with E-state index in [1.165, 1.54) is 0 Å². The lowest BCUT2D eigenvalue weighted by atomic mass is 10.1. The first kappa shape index (κ1) is 18.7. The Morgan fingerprint density at radius 2 is 1.76 bits per heavy atom. The zero-order valence-electron chi connectivity index (χ0n) is 16.4. The highest BCUT2D eigenvalue weighted by Crippen LogP contribution is 2.29. The minimum Gasteiger partial charge on any atom is -0.497 e. The molecule has 0 unspecified atom stereocenters. The predicted octanol–water partition coefficient (Wildman–Crippen LogP) is 3.59. The summed E-state index contributed by atoms with van der Waals surface area (Å²) in [6.45, 7) is 2.58. The molecule has 29 heavy (non-hydrogen) atoms. The summed E-state index contributed by atoms with van der Waals surface area (Å²) in [4.78, 5) is 22.0. The number of anilines is 1. The van der Waals surface area contributed by atoms with Gasteiger partial charge in [-0.2, -0.15) is 0 Å². The van der Waals surface area contributed by atoms with Crippen LogP contribution in [0.1, 0.15) is 22.8 Å². The summed E-state index contributed by atoms with van der Waals surface area (Å²) in [7, 11) is 1.64. The molecular formula is C22H22N4O3. The first-order valence-corrected chi connectivity index (χ1v) is 9.47. The van der Waals surface area contributed by atoms with E-state index < -0.39 is 5.97 Å². The van der Waals surface area contributed by atoms with Gasteiger partial charge in [0.1, 0.15) is 22.6 Å². The molecule has 2 N–H and O–H groups in total. The highest BCUT2D eigenvalue weighted by molar-refractivity contribution is 6.08. The van der Waals surface area contributed by atoms with Gasteiger partial charge in [-0.25, -0.2) is 14.8 Å². The third kappa shape index (κ3) is 3.47. The van der Waals surface area contributed by atoms with Crippen molar-refractivity contribution in [1.29, 1.82) is 0 Å². The first-order valence-electron chi connectivity index (χ1n) is 9.47. The Morgan fingerprint density at radius 1 is 1.07 bits per heavy atom. The van der Waals surface area contributed by atoms with Crippen LogP contribution in [0.25, 0.3) is 22.2 Å². The zero-order chi connectivity index (χ0) is 20.4. The Labute approximate surface area is 168 Å². The van der Waals surface area contributed by atoms with E-state index in [0.717, 1.165) is 23.3 Å². The van der Waals surface area contributed by atoms with Crippen LogP contribution in [0.3, 0.4) is 0 Å². The maximum absolute atomic E-state index is 12.6. The van der Waals surface area contributed by atoms with Crippen molar-refractivity contribution in [3.05, 3.63) is 59.7 Å². The van der Waals surface area contributed by atoms with Gasteiger partial charge in [0.25, 0.3) is 0 Å². The summed E-state index contributed by atoms with van der Waals surface area (Å²) in [5.41, 5.74) is 10.3. The van der Waals surface area contributed by atoms with Crippen molar-refractivity contribution in [3.63, 3.8) is 0 Å². The van der Waals surface area contributed by atoms with Gasteiger partial charge in [0.15, 0.2) is 5.65 Å². The minimum absolute atomic E-state index is 0.262. The number of nitrogen functional groups attached to an aromatic ring is 1. The van der Waals surface area contributed by atoms with Crippen LogP contribution in [-0.4, -0.2) is 34.2 Å². The summed E-state index contributed by atoms with van der Waals surface area (Å²) >= 11 is 0. The van der Waals surface area contributed by atoms with Crippen molar-refractivity contribution in [2.75, 3.05) is 19.5 Å². The molecule has 0 saturated heterocycles. The molecule has 4 rings (SSSR count). The highest BCUT2D eigenvalue weighted by Gasteiger charge is 2.24.